The standard InChI is InChI=1S/C39H14F12N2O/c40-36(41,42)22-7-19(8-23(13-22)37(43,44)45)17-2-4-28-30(11-17)32(21(15-52)16-53)29-6-5-27-26-3-1-18(12-31(26)35(54)34(27)33(28)29)20-9-24(38(46,47)48)14-25(10-20)39(49,50)51/h1-14H. The van der Waals surface area contributed by atoms with Gasteiger partial charge in [-0.25, -0.2) is 0 Å². The minimum Gasteiger partial charge on any atom is -0.289 e. The molecule has 0 heterocycles. The third-order valence-corrected chi connectivity index (χ3v) is 9.13. The first-order chi connectivity index (χ1) is 25.1. The van der Waals surface area contributed by atoms with Gasteiger partial charge >= 0.3 is 24.7 Å². The zero-order valence-corrected chi connectivity index (χ0v) is 26.4. The van der Waals surface area contributed by atoms with E-state index in [-0.39, 0.29) is 73.3 Å². The smallest absolute Gasteiger partial charge is 0.289 e. The third kappa shape index (κ3) is 5.86. The van der Waals surface area contributed by atoms with Crippen molar-refractivity contribution in [3.8, 4) is 56.6 Å². The van der Waals surface area contributed by atoms with Crippen molar-refractivity contribution in [2.45, 2.75) is 24.7 Å². The van der Waals surface area contributed by atoms with Crippen molar-refractivity contribution in [3.05, 3.63) is 135 Å². The van der Waals surface area contributed by atoms with E-state index in [2.05, 4.69) is 0 Å². The molecule has 0 amide bonds. The molecule has 0 aromatic heterocycles. The molecule has 0 spiro atoms. The van der Waals surface area contributed by atoms with Gasteiger partial charge in [0.05, 0.1) is 22.3 Å². The molecular weight excluding hydrogens is 740 g/mol. The molecule has 15 heteroatoms. The number of rotatable bonds is 2. The van der Waals surface area contributed by atoms with Crippen molar-refractivity contribution in [2.24, 2.45) is 0 Å². The first-order valence-electron chi connectivity index (χ1n) is 15.3. The first-order valence-corrected chi connectivity index (χ1v) is 15.3. The van der Waals surface area contributed by atoms with Gasteiger partial charge in [-0.3, -0.25) is 4.79 Å². The lowest BCUT2D eigenvalue weighted by molar-refractivity contribution is -0.144. The number of allylic oxidation sites excluding steroid dienone is 1. The fourth-order valence-electron chi connectivity index (χ4n) is 6.78. The van der Waals surface area contributed by atoms with Crippen molar-refractivity contribution in [3.63, 3.8) is 0 Å². The zero-order chi connectivity index (χ0) is 39.3. The molecular formula is C39H14F12N2O. The number of fused-ring (bicyclic) bond motifs is 7. The number of nitrogens with zero attached hydrogens (tertiary/aromatic N) is 2. The summed E-state index contributed by atoms with van der Waals surface area (Å²) in [4.78, 5) is 14.1. The van der Waals surface area contributed by atoms with Crippen LogP contribution in [-0.2, 0) is 24.7 Å². The van der Waals surface area contributed by atoms with Gasteiger partial charge in [0.2, 0.25) is 0 Å². The van der Waals surface area contributed by atoms with Crippen LogP contribution in [0.5, 0.6) is 0 Å². The average Bonchev–Trinajstić information content (AvgIpc) is 3.57. The molecule has 0 atom stereocenters. The summed E-state index contributed by atoms with van der Waals surface area (Å²) in [6, 6.07) is 15.7. The van der Waals surface area contributed by atoms with E-state index in [0.29, 0.717) is 24.3 Å². The number of alkyl halides is 12. The maximum absolute atomic E-state index is 14.1. The van der Waals surface area contributed by atoms with Crippen LogP contribution in [0.3, 0.4) is 0 Å². The highest BCUT2D eigenvalue weighted by Gasteiger charge is 2.40. The summed E-state index contributed by atoms with van der Waals surface area (Å²) in [5.74, 6) is -0.721. The Morgan fingerprint density at radius 3 is 1.22 bits per heavy atom. The van der Waals surface area contributed by atoms with E-state index >= 15 is 0 Å². The molecule has 0 radical (unpaired) electrons. The minimum absolute atomic E-state index is 0.0164. The fraction of sp³-hybridized carbons (Fsp3) is 0.103. The predicted molar refractivity (Wildman–Crippen MR) is 169 cm³/mol. The lowest BCUT2D eigenvalue weighted by Crippen LogP contribution is -2.11. The molecule has 7 rings (SSSR count). The van der Waals surface area contributed by atoms with E-state index in [1.165, 1.54) is 42.5 Å². The van der Waals surface area contributed by atoms with Crippen LogP contribution in [0.1, 0.15) is 49.3 Å². The Bertz CT molecular complexity index is 2510. The van der Waals surface area contributed by atoms with Gasteiger partial charge in [0.15, 0.2) is 5.78 Å². The van der Waals surface area contributed by atoms with Crippen molar-refractivity contribution < 1.29 is 57.5 Å². The van der Waals surface area contributed by atoms with E-state index in [1.807, 2.05) is 0 Å². The molecule has 54 heavy (non-hydrogen) atoms. The van der Waals surface area contributed by atoms with Gasteiger partial charge in [-0.1, -0.05) is 36.4 Å². The largest absolute Gasteiger partial charge is 0.416 e. The van der Waals surface area contributed by atoms with E-state index in [4.69, 9.17) is 0 Å². The van der Waals surface area contributed by atoms with Gasteiger partial charge in [0.25, 0.3) is 0 Å². The van der Waals surface area contributed by atoms with Crippen molar-refractivity contribution in [1.82, 2.24) is 0 Å². The highest BCUT2D eigenvalue weighted by atomic mass is 19.4. The number of halogens is 12. The maximum Gasteiger partial charge on any atom is 0.416 e. The van der Waals surface area contributed by atoms with Crippen LogP contribution in [0.25, 0.3) is 50.1 Å². The topological polar surface area (TPSA) is 64.7 Å². The Labute approximate surface area is 295 Å². The molecule has 5 aromatic rings. The first kappa shape index (κ1) is 36.0. The summed E-state index contributed by atoms with van der Waals surface area (Å²) in [6.45, 7) is 0. The molecule has 0 aliphatic heterocycles. The van der Waals surface area contributed by atoms with Gasteiger partial charge in [-0.2, -0.15) is 63.2 Å². The number of benzene rings is 5. The van der Waals surface area contributed by atoms with Gasteiger partial charge in [0.1, 0.15) is 17.7 Å². The van der Waals surface area contributed by atoms with Crippen LogP contribution in [-0.4, -0.2) is 5.78 Å². The minimum atomic E-state index is -5.15. The number of ketones is 1. The Kier molecular flexibility index (Phi) is 7.89. The zero-order valence-electron chi connectivity index (χ0n) is 26.4. The van der Waals surface area contributed by atoms with Crippen molar-refractivity contribution >= 4 is 11.4 Å². The monoisotopic (exact) mass is 754 g/mol. The summed E-state index contributed by atoms with van der Waals surface area (Å²) in [7, 11) is 0. The molecule has 0 N–H and O–H groups in total. The number of carbonyl (C=O) groups is 1. The van der Waals surface area contributed by atoms with E-state index < -0.39 is 69.4 Å². The lowest BCUT2D eigenvalue weighted by Gasteiger charge is -2.15. The Morgan fingerprint density at radius 1 is 0.407 bits per heavy atom. The fourth-order valence-corrected chi connectivity index (χ4v) is 6.78. The van der Waals surface area contributed by atoms with Gasteiger partial charge in [0, 0.05) is 22.3 Å². The summed E-state index contributed by atoms with van der Waals surface area (Å²) >= 11 is 0. The molecule has 270 valence electrons. The van der Waals surface area contributed by atoms with Crippen molar-refractivity contribution in [2.75, 3.05) is 0 Å². The highest BCUT2D eigenvalue weighted by Crippen LogP contribution is 2.54. The quantitative estimate of drug-likeness (QED) is 0.130. The number of nitriles is 2. The second-order valence-electron chi connectivity index (χ2n) is 12.3. The van der Waals surface area contributed by atoms with Gasteiger partial charge in [-0.05, 0) is 98.6 Å². The van der Waals surface area contributed by atoms with Crippen LogP contribution in [0.15, 0.2) is 90.5 Å². The van der Waals surface area contributed by atoms with Crippen LogP contribution in [0, 0.1) is 22.7 Å². The SMILES string of the molecule is N#CC(C#N)=C1c2cc(-c3cc(C(F)(F)F)cc(C(F)(F)F)c3)ccc2-c2c1ccc1c2C(=O)c2cc(-c3cc(C(F)(F)F)cc(C(F)(F)F)c3)ccc2-1. The van der Waals surface area contributed by atoms with E-state index in [1.54, 1.807) is 12.1 Å². The summed E-state index contributed by atoms with van der Waals surface area (Å²) in [5.41, 5.74) is -7.20. The lowest BCUT2D eigenvalue weighted by atomic mass is 9.93. The van der Waals surface area contributed by atoms with Gasteiger partial charge < -0.3 is 0 Å². The second-order valence-corrected chi connectivity index (χ2v) is 12.3. The molecule has 3 nitrogen and oxygen atoms in total. The van der Waals surface area contributed by atoms with Crippen molar-refractivity contribution in [1.29, 1.82) is 10.5 Å². The predicted octanol–water partition coefficient (Wildman–Crippen LogP) is 12.1. The second kappa shape index (κ2) is 11.8. The summed E-state index contributed by atoms with van der Waals surface area (Å²) < 4.78 is 164. The molecule has 2 aliphatic rings. The Hall–Kier alpha value is -6.35. The Balaban J connectivity index is 1.40. The summed E-state index contributed by atoms with van der Waals surface area (Å²) in [5, 5.41) is 19.7. The van der Waals surface area contributed by atoms with E-state index in [9.17, 15) is 68.0 Å². The molecule has 0 unspecified atom stereocenters. The number of hydrogen-bond acceptors (Lipinski definition) is 3. The van der Waals surface area contributed by atoms with Gasteiger partial charge in [-0.15, -0.1) is 0 Å². The number of hydrogen-bond donors (Lipinski definition) is 0. The van der Waals surface area contributed by atoms with Crippen LogP contribution in [0.4, 0.5) is 52.7 Å². The summed E-state index contributed by atoms with van der Waals surface area (Å²) in [6.07, 6.45) is -20.6. The molecule has 0 saturated heterocycles. The Morgan fingerprint density at radius 2 is 0.796 bits per heavy atom. The maximum atomic E-state index is 14.1. The highest BCUT2D eigenvalue weighted by molar-refractivity contribution is 6.27. The van der Waals surface area contributed by atoms with Crippen LogP contribution >= 0.6 is 0 Å². The van der Waals surface area contributed by atoms with E-state index in [0.717, 1.165) is 6.07 Å². The average molecular weight is 755 g/mol. The molecule has 0 fully saturated rings. The molecule has 0 saturated carbocycles. The molecule has 2 aliphatic carbocycles. The number of carbonyl (C=O) groups excluding carboxylic acids is 1. The third-order valence-electron chi connectivity index (χ3n) is 9.13. The normalized spacial score (nSPS) is 13.5. The molecule has 5 aromatic carbocycles. The van der Waals surface area contributed by atoms with Crippen LogP contribution < -0.4 is 0 Å². The van der Waals surface area contributed by atoms with Crippen LogP contribution in [0.2, 0.25) is 0 Å². The molecule has 0 bridgehead atoms.